The van der Waals surface area contributed by atoms with E-state index in [0.717, 1.165) is 17.7 Å². The topological polar surface area (TPSA) is 29.3 Å². The minimum absolute atomic E-state index is 0.346. The summed E-state index contributed by atoms with van der Waals surface area (Å²) in [5.41, 5.74) is 7.55. The molecule has 0 heterocycles. The summed E-state index contributed by atoms with van der Waals surface area (Å²) in [6, 6.07) is 6.17. The summed E-state index contributed by atoms with van der Waals surface area (Å²) >= 11 is 11.3. The lowest BCUT2D eigenvalue weighted by atomic mass is 10.0. The first-order valence-corrected chi connectivity index (χ1v) is 6.94. The minimum atomic E-state index is 0.346. The molecule has 2 nitrogen and oxygen atoms in total. The van der Waals surface area contributed by atoms with Crippen LogP contribution >= 0.6 is 23.8 Å². The number of hydrogen-bond donors (Lipinski definition) is 1. The summed E-state index contributed by atoms with van der Waals surface area (Å²) in [6.45, 7) is 6.64. The molecule has 1 rings (SSSR count). The Morgan fingerprint density at radius 3 is 2.50 bits per heavy atom. The highest BCUT2D eigenvalue weighted by Crippen LogP contribution is 2.29. The van der Waals surface area contributed by atoms with Crippen molar-refractivity contribution in [2.45, 2.75) is 33.2 Å². The van der Waals surface area contributed by atoms with Gasteiger partial charge in [-0.05, 0) is 31.4 Å². The summed E-state index contributed by atoms with van der Waals surface area (Å²) in [6.07, 6.45) is 1.11. The van der Waals surface area contributed by atoms with Crippen LogP contribution in [0.25, 0.3) is 0 Å². The van der Waals surface area contributed by atoms with E-state index in [9.17, 15) is 0 Å². The van der Waals surface area contributed by atoms with Crippen LogP contribution in [0, 0.1) is 5.92 Å². The number of anilines is 1. The van der Waals surface area contributed by atoms with E-state index >= 15 is 0 Å². The molecule has 0 fully saturated rings. The van der Waals surface area contributed by atoms with Crippen molar-refractivity contribution in [3.05, 3.63) is 28.8 Å². The molecule has 0 spiro atoms. The second kappa shape index (κ2) is 6.39. The Hall–Kier alpha value is -0.800. The lowest BCUT2D eigenvalue weighted by Gasteiger charge is -2.30. The Morgan fingerprint density at radius 1 is 1.39 bits per heavy atom. The average Bonchev–Trinajstić information content (AvgIpc) is 2.26. The number of thiocarbonyl (C=S) groups is 1. The highest BCUT2D eigenvalue weighted by atomic mass is 35.5. The minimum Gasteiger partial charge on any atom is -0.389 e. The highest BCUT2D eigenvalue weighted by molar-refractivity contribution is 7.80. The Balaban J connectivity index is 3.09. The van der Waals surface area contributed by atoms with Gasteiger partial charge in [-0.1, -0.05) is 43.7 Å². The van der Waals surface area contributed by atoms with Gasteiger partial charge in [0.2, 0.25) is 0 Å². The van der Waals surface area contributed by atoms with E-state index in [2.05, 4.69) is 32.7 Å². The molecule has 100 valence electrons. The van der Waals surface area contributed by atoms with Crippen molar-refractivity contribution in [1.29, 1.82) is 0 Å². The van der Waals surface area contributed by atoms with Crippen LogP contribution in [0.1, 0.15) is 32.8 Å². The molecule has 2 N–H and O–H groups in total. The molecular formula is C14H21ClN2S. The molecule has 0 aromatic heterocycles. The maximum absolute atomic E-state index is 6.18. The Labute approximate surface area is 120 Å². The summed E-state index contributed by atoms with van der Waals surface area (Å²) in [4.78, 5) is 2.54. The molecule has 0 amide bonds. The standard InChI is InChI=1S/C14H21ClN2S/c1-9(2)8-10(3)17(4)12-7-5-6-11(15)13(12)14(16)18/h5-7,9-10H,8H2,1-4H3,(H2,16,18). The van der Waals surface area contributed by atoms with Crippen molar-refractivity contribution >= 4 is 34.5 Å². The third kappa shape index (κ3) is 3.59. The fourth-order valence-corrected chi connectivity index (χ4v) is 2.67. The first-order valence-electron chi connectivity index (χ1n) is 6.15. The maximum Gasteiger partial charge on any atom is 0.107 e. The monoisotopic (exact) mass is 284 g/mol. The SMILES string of the molecule is CC(C)CC(C)N(C)c1cccc(Cl)c1C(N)=S. The Bertz CT molecular complexity index is 432. The van der Waals surface area contributed by atoms with Gasteiger partial charge in [-0.15, -0.1) is 0 Å². The molecule has 0 saturated heterocycles. The molecule has 0 aliphatic rings. The van der Waals surface area contributed by atoms with Crippen molar-refractivity contribution in [2.75, 3.05) is 11.9 Å². The number of halogens is 1. The molecule has 0 aliphatic heterocycles. The second-order valence-corrected chi connectivity index (χ2v) is 5.93. The molecule has 1 aromatic carbocycles. The molecule has 4 heteroatoms. The van der Waals surface area contributed by atoms with E-state index < -0.39 is 0 Å². The van der Waals surface area contributed by atoms with E-state index in [1.807, 2.05) is 18.2 Å². The summed E-state index contributed by atoms with van der Waals surface area (Å²) in [5, 5.41) is 0.614. The van der Waals surface area contributed by atoms with Crippen LogP contribution in [-0.2, 0) is 0 Å². The van der Waals surface area contributed by atoms with E-state index in [4.69, 9.17) is 29.6 Å². The van der Waals surface area contributed by atoms with Gasteiger partial charge in [-0.25, -0.2) is 0 Å². The number of hydrogen-bond acceptors (Lipinski definition) is 2. The third-order valence-electron chi connectivity index (χ3n) is 3.09. The molecule has 1 unspecified atom stereocenters. The normalized spacial score (nSPS) is 12.6. The van der Waals surface area contributed by atoms with Crippen LogP contribution in [0.5, 0.6) is 0 Å². The van der Waals surface area contributed by atoms with Crippen LogP contribution in [0.2, 0.25) is 5.02 Å². The highest BCUT2D eigenvalue weighted by Gasteiger charge is 2.17. The molecule has 0 aliphatic carbocycles. The zero-order valence-corrected chi connectivity index (χ0v) is 13.0. The number of benzene rings is 1. The first kappa shape index (κ1) is 15.3. The predicted octanol–water partition coefficient (Wildman–Crippen LogP) is 3.85. The van der Waals surface area contributed by atoms with Crippen molar-refractivity contribution < 1.29 is 0 Å². The van der Waals surface area contributed by atoms with Gasteiger partial charge in [-0.2, -0.15) is 0 Å². The quantitative estimate of drug-likeness (QED) is 0.833. The molecule has 18 heavy (non-hydrogen) atoms. The Morgan fingerprint density at radius 2 is 2.00 bits per heavy atom. The van der Waals surface area contributed by atoms with E-state index in [0.29, 0.717) is 22.0 Å². The van der Waals surface area contributed by atoms with Crippen LogP contribution in [0.3, 0.4) is 0 Å². The van der Waals surface area contributed by atoms with Gasteiger partial charge in [0.05, 0.1) is 10.6 Å². The fraction of sp³-hybridized carbons (Fsp3) is 0.500. The molecule has 1 atom stereocenters. The first-order chi connectivity index (χ1) is 8.34. The molecule has 1 aromatic rings. The lowest BCUT2D eigenvalue weighted by molar-refractivity contribution is 0.504. The summed E-state index contributed by atoms with van der Waals surface area (Å²) in [5.74, 6) is 0.648. The number of rotatable bonds is 5. The van der Waals surface area contributed by atoms with Crippen LogP contribution < -0.4 is 10.6 Å². The van der Waals surface area contributed by atoms with Gasteiger partial charge < -0.3 is 10.6 Å². The zero-order chi connectivity index (χ0) is 13.9. The molecular weight excluding hydrogens is 264 g/mol. The fourth-order valence-electron chi connectivity index (χ4n) is 2.13. The van der Waals surface area contributed by atoms with Crippen LogP contribution in [0.4, 0.5) is 5.69 Å². The van der Waals surface area contributed by atoms with E-state index in [1.165, 1.54) is 0 Å². The van der Waals surface area contributed by atoms with Gasteiger partial charge in [-0.3, -0.25) is 0 Å². The zero-order valence-electron chi connectivity index (χ0n) is 11.4. The van der Waals surface area contributed by atoms with E-state index in [1.54, 1.807) is 0 Å². The smallest absolute Gasteiger partial charge is 0.107 e. The van der Waals surface area contributed by atoms with Gasteiger partial charge in [0.25, 0.3) is 0 Å². The van der Waals surface area contributed by atoms with Crippen molar-refractivity contribution in [3.8, 4) is 0 Å². The van der Waals surface area contributed by atoms with Gasteiger partial charge in [0, 0.05) is 18.8 Å². The maximum atomic E-state index is 6.18. The van der Waals surface area contributed by atoms with E-state index in [-0.39, 0.29) is 0 Å². The van der Waals surface area contributed by atoms with Gasteiger partial charge >= 0.3 is 0 Å². The molecule has 0 saturated carbocycles. The Kier molecular flexibility index (Phi) is 5.42. The van der Waals surface area contributed by atoms with Crippen molar-refractivity contribution in [3.63, 3.8) is 0 Å². The summed E-state index contributed by atoms with van der Waals surface area (Å²) < 4.78 is 0. The van der Waals surface area contributed by atoms with Crippen molar-refractivity contribution in [1.82, 2.24) is 0 Å². The lowest BCUT2D eigenvalue weighted by Crippen LogP contribution is -2.32. The third-order valence-corrected chi connectivity index (χ3v) is 3.61. The number of nitrogens with two attached hydrogens (primary N) is 1. The van der Waals surface area contributed by atoms with Gasteiger partial charge in [0.15, 0.2) is 0 Å². The largest absolute Gasteiger partial charge is 0.389 e. The second-order valence-electron chi connectivity index (χ2n) is 5.09. The predicted molar refractivity (Wildman–Crippen MR) is 84.7 cm³/mol. The average molecular weight is 285 g/mol. The molecule has 0 radical (unpaired) electrons. The molecule has 0 bridgehead atoms. The van der Waals surface area contributed by atoms with Crippen LogP contribution in [-0.4, -0.2) is 18.1 Å². The van der Waals surface area contributed by atoms with Gasteiger partial charge in [0.1, 0.15) is 4.99 Å². The number of nitrogens with zero attached hydrogens (tertiary/aromatic N) is 1. The van der Waals surface area contributed by atoms with Crippen molar-refractivity contribution in [2.24, 2.45) is 11.7 Å². The summed E-state index contributed by atoms with van der Waals surface area (Å²) in [7, 11) is 2.06. The van der Waals surface area contributed by atoms with Crippen LogP contribution in [0.15, 0.2) is 18.2 Å².